The summed E-state index contributed by atoms with van der Waals surface area (Å²) in [5.74, 6) is -0.791. The molecule has 0 saturated heterocycles. The lowest BCUT2D eigenvalue weighted by Gasteiger charge is -2.24. The summed E-state index contributed by atoms with van der Waals surface area (Å²) < 4.78 is 34.6. The van der Waals surface area contributed by atoms with E-state index in [4.69, 9.17) is 18.5 Å². The van der Waals surface area contributed by atoms with Gasteiger partial charge in [-0.2, -0.15) is 0 Å². The van der Waals surface area contributed by atoms with Gasteiger partial charge in [-0.05, 0) is 70.6 Å². The second-order valence-electron chi connectivity index (χ2n) is 24.6. The van der Waals surface area contributed by atoms with Gasteiger partial charge in [-0.25, -0.2) is 4.57 Å². The molecule has 79 heavy (non-hydrogen) atoms. The number of quaternary nitrogens is 1. The Bertz CT molecular complexity index is 1430. The standard InChI is InChI=1S/C69H132NO8P/c1-6-8-10-12-14-16-18-20-22-23-24-25-26-27-28-29-30-31-32-33-34-35-36-37-38-39-40-41-42-43-44-45-46-47-48-50-52-54-56-58-60-62-69(72)78-67(66-77-79(73,74)76-64-63-70(3,4)5)65-75-68(71)61-59-57-55-53-51-49-21-19-17-15-13-11-9-7-2/h18-21,23-24,67H,6-17,22,25-66H2,1-5H3/p+1/b20-18-,21-19-,24-23-. The largest absolute Gasteiger partial charge is 0.472 e. The lowest BCUT2D eigenvalue weighted by atomic mass is 10.0. The van der Waals surface area contributed by atoms with Gasteiger partial charge in [0.05, 0.1) is 27.7 Å². The Morgan fingerprint density at radius 2 is 0.684 bits per heavy atom. The maximum atomic E-state index is 12.8. The zero-order valence-electron chi connectivity index (χ0n) is 53.1. The Morgan fingerprint density at radius 1 is 0.392 bits per heavy atom. The Labute approximate surface area is 491 Å². The van der Waals surface area contributed by atoms with Crippen molar-refractivity contribution in [1.29, 1.82) is 0 Å². The minimum atomic E-state index is -4.38. The number of unbranched alkanes of at least 4 members (excludes halogenated alkanes) is 44. The SMILES string of the molecule is CCCCCCC/C=C\C/C=C\CCCCCCCCCCCCCCCCCCCCCCCCCCCCCCCC(=O)OC(COC(=O)CCCCCCC/C=C\CCCCCCC)COP(=O)(O)OCC[N+](C)(C)C. The van der Waals surface area contributed by atoms with E-state index < -0.39 is 26.5 Å². The van der Waals surface area contributed by atoms with Gasteiger partial charge < -0.3 is 18.9 Å². The number of allylic oxidation sites excluding steroid dienone is 6. The summed E-state index contributed by atoms with van der Waals surface area (Å²) >= 11 is 0. The summed E-state index contributed by atoms with van der Waals surface area (Å²) in [7, 11) is 1.49. The van der Waals surface area contributed by atoms with Gasteiger partial charge in [0.1, 0.15) is 19.8 Å². The van der Waals surface area contributed by atoms with E-state index in [1.165, 1.54) is 250 Å². The van der Waals surface area contributed by atoms with E-state index in [0.717, 1.165) is 57.8 Å². The number of likely N-dealkylation sites (N-methyl/N-ethyl adjacent to an activating group) is 1. The highest BCUT2D eigenvalue weighted by molar-refractivity contribution is 7.47. The first-order valence-electron chi connectivity index (χ1n) is 34.2. The molecule has 0 spiro atoms. The number of rotatable bonds is 64. The minimum absolute atomic E-state index is 0.0330. The molecule has 466 valence electrons. The van der Waals surface area contributed by atoms with Crippen molar-refractivity contribution < 1.29 is 42.1 Å². The van der Waals surface area contributed by atoms with Gasteiger partial charge in [0.2, 0.25) is 0 Å². The Hall–Kier alpha value is -1.77. The van der Waals surface area contributed by atoms with E-state index in [1.807, 2.05) is 21.1 Å². The molecule has 10 heteroatoms. The van der Waals surface area contributed by atoms with Crippen LogP contribution in [0.5, 0.6) is 0 Å². The fourth-order valence-electron chi connectivity index (χ4n) is 10.1. The number of phosphoric acid groups is 1. The molecular weight excluding hydrogens is 1000 g/mol. The first kappa shape index (κ1) is 77.2. The third-order valence-electron chi connectivity index (χ3n) is 15.4. The predicted octanol–water partition coefficient (Wildman–Crippen LogP) is 21.9. The topological polar surface area (TPSA) is 108 Å². The lowest BCUT2D eigenvalue weighted by molar-refractivity contribution is -0.870. The van der Waals surface area contributed by atoms with Crippen LogP contribution in [-0.2, 0) is 32.7 Å². The van der Waals surface area contributed by atoms with Gasteiger partial charge in [0, 0.05) is 12.8 Å². The molecule has 9 nitrogen and oxygen atoms in total. The third-order valence-corrected chi connectivity index (χ3v) is 16.4. The lowest BCUT2D eigenvalue weighted by Crippen LogP contribution is -2.37. The fourth-order valence-corrected chi connectivity index (χ4v) is 10.8. The molecule has 2 unspecified atom stereocenters. The second-order valence-corrected chi connectivity index (χ2v) is 26.0. The zero-order chi connectivity index (χ0) is 57.7. The van der Waals surface area contributed by atoms with Crippen molar-refractivity contribution in [2.24, 2.45) is 0 Å². The summed E-state index contributed by atoms with van der Waals surface area (Å²) in [6.45, 7) is 4.45. The van der Waals surface area contributed by atoms with Crippen molar-refractivity contribution in [2.45, 2.75) is 347 Å². The molecule has 0 aromatic rings. The summed E-state index contributed by atoms with van der Waals surface area (Å²) in [5, 5.41) is 0. The fraction of sp³-hybridized carbons (Fsp3) is 0.884. The highest BCUT2D eigenvalue weighted by atomic mass is 31.2. The summed E-state index contributed by atoms with van der Waals surface area (Å²) in [6, 6.07) is 0. The average Bonchev–Trinajstić information content (AvgIpc) is 3.41. The molecular formula is C69H133NO8P+. The monoisotopic (exact) mass is 1130 g/mol. The van der Waals surface area contributed by atoms with Gasteiger partial charge in [0.15, 0.2) is 6.10 Å². The van der Waals surface area contributed by atoms with Crippen molar-refractivity contribution in [1.82, 2.24) is 0 Å². The van der Waals surface area contributed by atoms with Crippen LogP contribution >= 0.6 is 7.82 Å². The quantitative estimate of drug-likeness (QED) is 0.0211. The first-order valence-corrected chi connectivity index (χ1v) is 35.7. The Balaban J connectivity index is 3.83. The Kier molecular flexibility index (Phi) is 59.4. The van der Waals surface area contributed by atoms with Crippen molar-refractivity contribution in [2.75, 3.05) is 47.5 Å². The van der Waals surface area contributed by atoms with Crippen LogP contribution in [0, 0.1) is 0 Å². The van der Waals surface area contributed by atoms with Crippen molar-refractivity contribution in [3.63, 3.8) is 0 Å². The number of carbonyl (C=O) groups excluding carboxylic acids is 2. The van der Waals surface area contributed by atoms with Crippen LogP contribution in [0.1, 0.15) is 341 Å². The molecule has 0 aliphatic carbocycles. The summed E-state index contributed by atoms with van der Waals surface area (Å²) in [5.41, 5.74) is 0. The summed E-state index contributed by atoms with van der Waals surface area (Å²) in [4.78, 5) is 35.7. The number of phosphoric ester groups is 1. The van der Waals surface area contributed by atoms with E-state index >= 15 is 0 Å². The third kappa shape index (κ3) is 65.3. The highest BCUT2D eigenvalue weighted by Crippen LogP contribution is 2.43. The van der Waals surface area contributed by atoms with Gasteiger partial charge in [-0.3, -0.25) is 18.6 Å². The van der Waals surface area contributed by atoms with Crippen LogP contribution < -0.4 is 0 Å². The molecule has 1 N–H and O–H groups in total. The zero-order valence-corrected chi connectivity index (χ0v) is 54.0. The molecule has 0 amide bonds. The smallest absolute Gasteiger partial charge is 0.462 e. The highest BCUT2D eigenvalue weighted by Gasteiger charge is 2.27. The molecule has 0 saturated carbocycles. The van der Waals surface area contributed by atoms with E-state index in [0.29, 0.717) is 17.4 Å². The molecule has 2 atom stereocenters. The molecule has 0 heterocycles. The number of esters is 2. The summed E-state index contributed by atoms with van der Waals surface area (Å²) in [6.07, 6.45) is 77.1. The van der Waals surface area contributed by atoms with Crippen molar-refractivity contribution in [3.8, 4) is 0 Å². The number of ether oxygens (including phenoxy) is 2. The first-order chi connectivity index (χ1) is 38.5. The van der Waals surface area contributed by atoms with Crippen LogP contribution in [0.3, 0.4) is 0 Å². The molecule has 0 aromatic heterocycles. The molecule has 0 bridgehead atoms. The van der Waals surface area contributed by atoms with Gasteiger partial charge >= 0.3 is 19.8 Å². The average molecular weight is 1140 g/mol. The van der Waals surface area contributed by atoms with Crippen LogP contribution in [0.15, 0.2) is 36.5 Å². The van der Waals surface area contributed by atoms with E-state index in [9.17, 15) is 19.0 Å². The maximum absolute atomic E-state index is 12.8. The number of hydrogen-bond acceptors (Lipinski definition) is 7. The Morgan fingerprint density at radius 3 is 1.01 bits per heavy atom. The predicted molar refractivity (Wildman–Crippen MR) is 340 cm³/mol. The van der Waals surface area contributed by atoms with Crippen LogP contribution in [-0.4, -0.2) is 74.9 Å². The number of nitrogens with zero attached hydrogens (tertiary/aromatic N) is 1. The van der Waals surface area contributed by atoms with E-state index in [-0.39, 0.29) is 32.0 Å². The van der Waals surface area contributed by atoms with Crippen molar-refractivity contribution in [3.05, 3.63) is 36.5 Å². The van der Waals surface area contributed by atoms with E-state index in [2.05, 4.69) is 50.3 Å². The molecule has 0 fully saturated rings. The number of hydrogen-bond donors (Lipinski definition) is 1. The van der Waals surface area contributed by atoms with E-state index in [1.54, 1.807) is 0 Å². The number of carbonyl (C=O) groups is 2. The molecule has 0 radical (unpaired) electrons. The van der Waals surface area contributed by atoms with Crippen LogP contribution in [0.4, 0.5) is 0 Å². The van der Waals surface area contributed by atoms with Gasteiger partial charge in [-0.15, -0.1) is 0 Å². The molecule has 0 rings (SSSR count). The van der Waals surface area contributed by atoms with Crippen molar-refractivity contribution >= 4 is 19.8 Å². The van der Waals surface area contributed by atoms with Crippen LogP contribution in [0.2, 0.25) is 0 Å². The maximum Gasteiger partial charge on any atom is 0.472 e. The second kappa shape index (κ2) is 60.8. The minimum Gasteiger partial charge on any atom is -0.462 e. The van der Waals surface area contributed by atoms with Gasteiger partial charge in [0.25, 0.3) is 0 Å². The van der Waals surface area contributed by atoms with Crippen LogP contribution in [0.25, 0.3) is 0 Å². The molecule has 0 aliphatic rings. The molecule has 0 aromatic carbocycles. The molecule has 0 aliphatic heterocycles. The van der Waals surface area contributed by atoms with Gasteiger partial charge in [-0.1, -0.05) is 294 Å². The normalized spacial score (nSPS) is 13.3.